The molecule has 0 aromatic rings. The summed E-state index contributed by atoms with van der Waals surface area (Å²) >= 11 is 0. The van der Waals surface area contributed by atoms with E-state index in [1.807, 2.05) is 33.3 Å². The van der Waals surface area contributed by atoms with Crippen molar-refractivity contribution in [1.29, 1.82) is 0 Å². The minimum absolute atomic E-state index is 0.00813. The lowest BCUT2D eigenvalue weighted by Gasteiger charge is -2.31. The van der Waals surface area contributed by atoms with Crippen molar-refractivity contribution < 1.29 is 38.2 Å². The Morgan fingerprint density at radius 3 is 1.22 bits per heavy atom. The lowest BCUT2D eigenvalue weighted by molar-refractivity contribution is -0.887. The fourth-order valence-electron chi connectivity index (χ4n) is 5.88. The number of hydrogen-bond acceptors (Lipinski definition) is 6. The zero-order chi connectivity index (χ0) is 47.0. The van der Waals surface area contributed by atoms with Crippen LogP contribution in [-0.4, -0.2) is 80.6 Å². The molecule has 2 unspecified atom stereocenters. The van der Waals surface area contributed by atoms with Gasteiger partial charge in [0, 0.05) is 19.3 Å². The van der Waals surface area contributed by atoms with Gasteiger partial charge < -0.3 is 23.8 Å². The van der Waals surface area contributed by atoms with Crippen molar-refractivity contribution in [3.8, 4) is 0 Å². The van der Waals surface area contributed by atoms with Crippen LogP contribution < -0.4 is 0 Å². The van der Waals surface area contributed by atoms with Gasteiger partial charge in [0.2, 0.25) is 0 Å². The van der Waals surface area contributed by atoms with Gasteiger partial charge in [0.05, 0.1) is 34.4 Å². The number of nitrogens with zero attached hydrogens (tertiary/aromatic N) is 1. The molecule has 0 aliphatic heterocycles. The highest BCUT2D eigenvalue weighted by atomic mass is 16.6. The highest BCUT2D eigenvalue weighted by Crippen LogP contribution is 2.11. The van der Waals surface area contributed by atoms with Crippen LogP contribution in [0.25, 0.3) is 0 Å². The average Bonchev–Trinajstić information content (AvgIpc) is 3.26. The average molecular weight is 885 g/mol. The van der Waals surface area contributed by atoms with Gasteiger partial charge in [-0.15, -0.1) is 0 Å². The molecule has 8 nitrogen and oxygen atoms in total. The number of unbranched alkanes of at least 4 members (excludes halogenated alkanes) is 2. The molecule has 8 heteroatoms. The first kappa shape index (κ1) is 59.2. The Kier molecular flexibility index (Phi) is 41.5. The SMILES string of the molecule is CC/C=C/C/C=C/C/C=C/C/C=C/C/C=C/C/C=C/CCCCC(=O)OC(COCCC(C(=O)O)[N+](C)(C)C)COC(=O)CC/C=C/C/C=C/C/C=C/C/C=C/C/C=C/C/C=C/CC. The van der Waals surface area contributed by atoms with Crippen LogP contribution in [0.3, 0.4) is 0 Å². The number of likely N-dealkylation sites (N-methyl/N-ethyl adjacent to an activating group) is 1. The summed E-state index contributed by atoms with van der Waals surface area (Å²) in [6.07, 6.45) is 66.3. The molecule has 0 aromatic heterocycles. The van der Waals surface area contributed by atoms with Crippen molar-refractivity contribution in [3.05, 3.63) is 146 Å². The van der Waals surface area contributed by atoms with E-state index in [2.05, 4.69) is 148 Å². The predicted molar refractivity (Wildman–Crippen MR) is 270 cm³/mol. The maximum Gasteiger partial charge on any atom is 0.362 e. The van der Waals surface area contributed by atoms with Crippen LogP contribution in [0.15, 0.2) is 146 Å². The summed E-state index contributed by atoms with van der Waals surface area (Å²) in [7, 11) is 5.47. The number of quaternary nitrogens is 1. The van der Waals surface area contributed by atoms with E-state index < -0.39 is 18.1 Å². The maximum absolute atomic E-state index is 12.8. The van der Waals surface area contributed by atoms with E-state index in [4.69, 9.17) is 14.2 Å². The standard InChI is InChI=1S/C56H85NO7/c1-6-8-10-12-14-16-18-20-22-24-26-27-29-31-33-35-37-39-41-43-45-47-55(59)64-52(50-62-49-48-53(56(60)61)57(3,4)5)51-63-54(58)46-44-42-40-38-36-34-32-30-28-25-23-21-19-17-15-13-11-9-7-2/h8-11,14-17,20-23,26-28,30-31,33-34,36-37,39-40,42,52-53H,6-7,12-13,18-19,24-25,29,32,35,38,41,43-51H2,1-5H3/p+1/b10-8+,11-9+,16-14+,17-15+,22-20+,23-21+,27-26+,30-28+,33-31+,36-34+,39-37+,42-40+. The van der Waals surface area contributed by atoms with Crippen molar-refractivity contribution in [3.63, 3.8) is 0 Å². The molecule has 64 heavy (non-hydrogen) atoms. The Labute approximate surface area is 389 Å². The molecule has 0 heterocycles. The number of carboxylic acids is 1. The van der Waals surface area contributed by atoms with Crippen LogP contribution >= 0.6 is 0 Å². The Morgan fingerprint density at radius 2 is 0.844 bits per heavy atom. The fraction of sp³-hybridized carbons (Fsp3) is 0.518. The van der Waals surface area contributed by atoms with Crippen LogP contribution in [0, 0.1) is 0 Å². The highest BCUT2D eigenvalue weighted by molar-refractivity contribution is 5.72. The third-order valence-corrected chi connectivity index (χ3v) is 9.50. The highest BCUT2D eigenvalue weighted by Gasteiger charge is 2.31. The first-order chi connectivity index (χ1) is 31.1. The van der Waals surface area contributed by atoms with E-state index in [1.54, 1.807) is 0 Å². The Morgan fingerprint density at radius 1 is 0.469 bits per heavy atom. The van der Waals surface area contributed by atoms with Crippen molar-refractivity contribution >= 4 is 17.9 Å². The Balaban J connectivity index is 4.54. The van der Waals surface area contributed by atoms with Crippen molar-refractivity contribution in [1.82, 2.24) is 0 Å². The molecule has 0 aromatic carbocycles. The molecule has 0 amide bonds. The van der Waals surface area contributed by atoms with Gasteiger partial charge in [-0.3, -0.25) is 9.59 Å². The number of hydrogen-bond donors (Lipinski definition) is 1. The molecule has 0 spiro atoms. The summed E-state index contributed by atoms with van der Waals surface area (Å²) in [6.45, 7) is 4.35. The minimum atomic E-state index is -0.899. The molecule has 0 aliphatic rings. The Bertz CT molecular complexity index is 1540. The first-order valence-corrected chi connectivity index (χ1v) is 23.9. The number of carbonyl (C=O) groups excluding carboxylic acids is 2. The molecule has 0 fully saturated rings. The van der Waals surface area contributed by atoms with Gasteiger partial charge in [0.1, 0.15) is 6.61 Å². The molecule has 1 N–H and O–H groups in total. The summed E-state index contributed by atoms with van der Waals surface area (Å²) in [6, 6.07) is -0.644. The van der Waals surface area contributed by atoms with E-state index in [0.717, 1.165) is 89.9 Å². The van der Waals surface area contributed by atoms with Gasteiger partial charge >= 0.3 is 17.9 Å². The lowest BCUT2D eigenvalue weighted by atomic mass is 10.1. The van der Waals surface area contributed by atoms with Gasteiger partial charge in [-0.25, -0.2) is 4.79 Å². The molecular formula is C56H86NO7+. The predicted octanol–water partition coefficient (Wildman–Crippen LogP) is 13.7. The summed E-state index contributed by atoms with van der Waals surface area (Å²) < 4.78 is 17.2. The number of rotatable bonds is 40. The van der Waals surface area contributed by atoms with E-state index in [9.17, 15) is 19.5 Å². The third kappa shape index (κ3) is 42.5. The van der Waals surface area contributed by atoms with E-state index in [1.165, 1.54) is 0 Å². The van der Waals surface area contributed by atoms with Crippen molar-refractivity contribution in [2.45, 2.75) is 148 Å². The number of carboxylic acid groups (broad SMARTS) is 1. The van der Waals surface area contributed by atoms with Crippen LogP contribution in [0.5, 0.6) is 0 Å². The lowest BCUT2D eigenvalue weighted by Crippen LogP contribution is -2.50. The van der Waals surface area contributed by atoms with Gasteiger partial charge in [-0.05, 0) is 103 Å². The smallest absolute Gasteiger partial charge is 0.362 e. The van der Waals surface area contributed by atoms with Crippen molar-refractivity contribution in [2.24, 2.45) is 0 Å². The molecule has 0 bridgehead atoms. The van der Waals surface area contributed by atoms with E-state index in [-0.39, 0.29) is 49.1 Å². The van der Waals surface area contributed by atoms with Crippen LogP contribution in [-0.2, 0) is 28.6 Å². The zero-order valence-electron chi connectivity index (χ0n) is 40.4. The molecule has 2 atom stereocenters. The minimum Gasteiger partial charge on any atom is -0.477 e. The Hall–Kier alpha value is -4.79. The van der Waals surface area contributed by atoms with Gasteiger partial charge in [0.25, 0.3) is 0 Å². The largest absolute Gasteiger partial charge is 0.477 e. The molecule has 0 aliphatic carbocycles. The quantitative estimate of drug-likeness (QED) is 0.0283. The number of ether oxygens (including phenoxy) is 3. The van der Waals surface area contributed by atoms with Crippen LogP contribution in [0.2, 0.25) is 0 Å². The zero-order valence-corrected chi connectivity index (χ0v) is 40.4. The number of aliphatic carboxylic acids is 1. The molecule has 0 saturated heterocycles. The van der Waals surface area contributed by atoms with Gasteiger partial charge in [0.15, 0.2) is 12.1 Å². The normalized spacial score (nSPS) is 14.2. The maximum atomic E-state index is 12.8. The first-order valence-electron chi connectivity index (χ1n) is 23.9. The molecule has 0 rings (SSSR count). The summed E-state index contributed by atoms with van der Waals surface area (Å²) in [5.41, 5.74) is 0. The van der Waals surface area contributed by atoms with Gasteiger partial charge in [-0.1, -0.05) is 160 Å². The molecule has 0 saturated carbocycles. The van der Waals surface area contributed by atoms with E-state index in [0.29, 0.717) is 19.3 Å². The summed E-state index contributed by atoms with van der Waals surface area (Å²) in [5.74, 6) is -1.66. The number of carbonyl (C=O) groups is 3. The number of allylic oxidation sites excluding steroid dienone is 24. The van der Waals surface area contributed by atoms with Crippen LogP contribution in [0.1, 0.15) is 136 Å². The summed E-state index contributed by atoms with van der Waals surface area (Å²) in [4.78, 5) is 37.1. The second kappa shape index (κ2) is 44.8. The summed E-state index contributed by atoms with van der Waals surface area (Å²) in [5, 5.41) is 9.64. The van der Waals surface area contributed by atoms with Gasteiger partial charge in [-0.2, -0.15) is 0 Å². The second-order valence-corrected chi connectivity index (χ2v) is 16.2. The van der Waals surface area contributed by atoms with E-state index >= 15 is 0 Å². The van der Waals surface area contributed by atoms with Crippen LogP contribution in [0.4, 0.5) is 0 Å². The monoisotopic (exact) mass is 885 g/mol. The second-order valence-electron chi connectivity index (χ2n) is 16.2. The third-order valence-electron chi connectivity index (χ3n) is 9.50. The molecular weight excluding hydrogens is 799 g/mol. The van der Waals surface area contributed by atoms with Crippen molar-refractivity contribution in [2.75, 3.05) is 41.0 Å². The fourth-order valence-corrected chi connectivity index (χ4v) is 5.88. The number of esters is 2. The topological polar surface area (TPSA) is 99.1 Å². The molecule has 0 radical (unpaired) electrons. The molecule has 356 valence electrons.